The minimum absolute atomic E-state index is 0.107. The van der Waals surface area contributed by atoms with E-state index in [4.69, 9.17) is 13.8 Å². The van der Waals surface area contributed by atoms with Gasteiger partial charge in [0.05, 0.1) is 5.69 Å². The Kier molecular flexibility index (Phi) is 7.17. The van der Waals surface area contributed by atoms with Crippen LogP contribution in [0.4, 0.5) is 17.1 Å². The largest absolute Gasteiger partial charge is 0.456 e. The van der Waals surface area contributed by atoms with E-state index in [-0.39, 0.29) is 5.41 Å². The van der Waals surface area contributed by atoms with Gasteiger partial charge >= 0.3 is 0 Å². The first-order chi connectivity index (χ1) is 27.5. The highest BCUT2D eigenvalue weighted by Gasteiger charge is 2.37. The summed E-state index contributed by atoms with van der Waals surface area (Å²) in [5.41, 5.74) is 17.2. The molecule has 1 aliphatic carbocycles. The second-order valence-electron chi connectivity index (χ2n) is 15.2. The average Bonchev–Trinajstić information content (AvgIpc) is 3.90. The molecule has 0 unspecified atom stereocenters. The molecule has 0 bridgehead atoms. The van der Waals surface area contributed by atoms with E-state index in [0.717, 1.165) is 61.1 Å². The molecule has 4 nitrogen and oxygen atoms in total. The molecule has 0 amide bonds. The van der Waals surface area contributed by atoms with Crippen molar-refractivity contribution in [2.75, 3.05) is 4.90 Å². The van der Waals surface area contributed by atoms with Crippen molar-refractivity contribution in [2.24, 2.45) is 0 Å². The van der Waals surface area contributed by atoms with Gasteiger partial charge in [0.15, 0.2) is 5.58 Å². The Morgan fingerprint density at radius 3 is 1.91 bits per heavy atom. The van der Waals surface area contributed by atoms with Crippen molar-refractivity contribution in [3.63, 3.8) is 0 Å². The van der Waals surface area contributed by atoms with Crippen molar-refractivity contribution < 1.29 is 8.83 Å². The highest BCUT2D eigenvalue weighted by Crippen LogP contribution is 2.54. The van der Waals surface area contributed by atoms with Gasteiger partial charge < -0.3 is 13.7 Å². The molecule has 0 fully saturated rings. The number of hydrogen-bond donors (Lipinski definition) is 0. The number of anilines is 3. The van der Waals surface area contributed by atoms with Crippen LogP contribution in [0.15, 0.2) is 191 Å². The summed E-state index contributed by atoms with van der Waals surface area (Å²) < 4.78 is 12.7. The molecular weight excluding hydrogens is 685 g/mol. The predicted molar refractivity (Wildman–Crippen MR) is 230 cm³/mol. The molecule has 1 aliphatic rings. The lowest BCUT2D eigenvalue weighted by Crippen LogP contribution is -2.16. The van der Waals surface area contributed by atoms with Crippen LogP contribution in [-0.4, -0.2) is 4.98 Å². The van der Waals surface area contributed by atoms with E-state index < -0.39 is 0 Å². The van der Waals surface area contributed by atoms with E-state index >= 15 is 0 Å². The number of furan rings is 1. The summed E-state index contributed by atoms with van der Waals surface area (Å²) >= 11 is 0. The zero-order valence-electron chi connectivity index (χ0n) is 31.0. The van der Waals surface area contributed by atoms with Gasteiger partial charge in [-0.3, -0.25) is 0 Å². The summed E-state index contributed by atoms with van der Waals surface area (Å²) in [6, 6.07) is 64.5. The van der Waals surface area contributed by atoms with Crippen molar-refractivity contribution in [1.29, 1.82) is 0 Å². The van der Waals surface area contributed by atoms with Crippen molar-refractivity contribution in [3.8, 4) is 44.8 Å². The Hall–Kier alpha value is -7.17. The Morgan fingerprint density at radius 2 is 1.09 bits per heavy atom. The summed E-state index contributed by atoms with van der Waals surface area (Å²) in [5.74, 6) is 0.607. The van der Waals surface area contributed by atoms with Gasteiger partial charge in [0, 0.05) is 44.8 Å². The number of hydrogen-bond acceptors (Lipinski definition) is 4. The molecule has 10 aromatic rings. The third kappa shape index (κ3) is 5.10. The highest BCUT2D eigenvalue weighted by atomic mass is 16.4. The molecule has 2 aromatic heterocycles. The van der Waals surface area contributed by atoms with Crippen LogP contribution in [0.3, 0.4) is 0 Å². The first-order valence-electron chi connectivity index (χ1n) is 19.1. The summed E-state index contributed by atoms with van der Waals surface area (Å²) in [5, 5.41) is 2.06. The topological polar surface area (TPSA) is 42.4 Å². The maximum Gasteiger partial charge on any atom is 0.227 e. The molecule has 0 saturated carbocycles. The van der Waals surface area contributed by atoms with E-state index in [2.05, 4.69) is 158 Å². The molecular formula is C52H36N2O2. The number of oxazole rings is 1. The molecule has 0 saturated heterocycles. The van der Waals surface area contributed by atoms with Crippen LogP contribution < -0.4 is 4.90 Å². The molecule has 56 heavy (non-hydrogen) atoms. The van der Waals surface area contributed by atoms with Crippen LogP contribution in [0.1, 0.15) is 25.0 Å². The lowest BCUT2D eigenvalue weighted by Gasteiger charge is -2.29. The van der Waals surface area contributed by atoms with E-state index in [9.17, 15) is 0 Å². The van der Waals surface area contributed by atoms with Crippen LogP contribution >= 0.6 is 0 Å². The Bertz CT molecular complexity index is 3100. The van der Waals surface area contributed by atoms with Gasteiger partial charge in [0.1, 0.15) is 16.7 Å². The quantitative estimate of drug-likeness (QED) is 0.171. The average molecular weight is 721 g/mol. The summed E-state index contributed by atoms with van der Waals surface area (Å²) in [6.45, 7) is 4.68. The Morgan fingerprint density at radius 1 is 0.446 bits per heavy atom. The fraction of sp³-hybridized carbons (Fsp3) is 0.0577. The predicted octanol–water partition coefficient (Wildman–Crippen LogP) is 14.5. The van der Waals surface area contributed by atoms with E-state index in [1.165, 1.54) is 39.1 Å². The van der Waals surface area contributed by atoms with Crippen molar-refractivity contribution in [1.82, 2.24) is 4.98 Å². The van der Waals surface area contributed by atoms with Crippen molar-refractivity contribution in [3.05, 3.63) is 193 Å². The van der Waals surface area contributed by atoms with E-state index in [0.29, 0.717) is 5.89 Å². The van der Waals surface area contributed by atoms with Crippen molar-refractivity contribution in [2.45, 2.75) is 19.3 Å². The standard InChI is InChI=1S/C52H36N2O2/c1-52(2)43-20-10-9-19-41(43)50-44(52)21-12-22-46(50)54(39-18-11-17-36(29-39)33-13-5-3-6-14-33)38-26-23-34(24-27-38)37-25-28-40-42-31-49-45(32-48(42)55-47(40)30-37)53-51(56-49)35-15-7-4-8-16-35/h3-32H,1-2H3. The van der Waals surface area contributed by atoms with E-state index in [1.807, 2.05) is 42.5 Å². The van der Waals surface area contributed by atoms with Gasteiger partial charge in [-0.15, -0.1) is 0 Å². The van der Waals surface area contributed by atoms with E-state index in [1.54, 1.807) is 0 Å². The number of benzene rings is 8. The SMILES string of the molecule is CC1(C)c2ccccc2-c2c(N(c3ccc(-c4ccc5c(c4)oc4cc6nc(-c7ccccc7)oc6cc45)cc3)c3cccc(-c4ccccc4)c3)cccc21. The van der Waals surface area contributed by atoms with Crippen molar-refractivity contribution >= 4 is 50.1 Å². The molecule has 0 aliphatic heterocycles. The number of nitrogens with zero attached hydrogens (tertiary/aromatic N) is 2. The normalized spacial score (nSPS) is 13.0. The molecule has 2 heterocycles. The summed E-state index contributed by atoms with van der Waals surface area (Å²) in [4.78, 5) is 7.18. The monoisotopic (exact) mass is 720 g/mol. The third-order valence-electron chi connectivity index (χ3n) is 11.5. The summed E-state index contributed by atoms with van der Waals surface area (Å²) in [6.07, 6.45) is 0. The molecule has 0 atom stereocenters. The molecule has 0 N–H and O–H groups in total. The van der Waals surface area contributed by atoms with Crippen LogP contribution in [-0.2, 0) is 5.41 Å². The number of aromatic nitrogens is 1. The highest BCUT2D eigenvalue weighted by molar-refractivity contribution is 6.09. The third-order valence-corrected chi connectivity index (χ3v) is 11.5. The van der Waals surface area contributed by atoms with Crippen LogP contribution in [0.2, 0.25) is 0 Å². The summed E-state index contributed by atoms with van der Waals surface area (Å²) in [7, 11) is 0. The van der Waals surface area contributed by atoms with Gasteiger partial charge in [-0.2, -0.15) is 0 Å². The first-order valence-corrected chi connectivity index (χ1v) is 19.1. The number of rotatable bonds is 6. The number of fused-ring (bicyclic) bond motifs is 7. The lowest BCUT2D eigenvalue weighted by molar-refractivity contribution is 0.620. The first kappa shape index (κ1) is 32.3. The molecule has 4 heteroatoms. The molecule has 0 spiro atoms. The smallest absolute Gasteiger partial charge is 0.227 e. The maximum atomic E-state index is 6.46. The Balaban J connectivity index is 1.00. The van der Waals surface area contributed by atoms with Gasteiger partial charge in [-0.05, 0) is 99.6 Å². The van der Waals surface area contributed by atoms with Crippen LogP contribution in [0.25, 0.3) is 77.9 Å². The molecule has 11 rings (SSSR count). The van der Waals surface area contributed by atoms with Crippen LogP contribution in [0.5, 0.6) is 0 Å². The lowest BCUT2D eigenvalue weighted by atomic mass is 9.82. The van der Waals surface area contributed by atoms with Gasteiger partial charge in [-0.1, -0.05) is 129 Å². The van der Waals surface area contributed by atoms with Crippen LogP contribution in [0, 0.1) is 0 Å². The fourth-order valence-electron chi connectivity index (χ4n) is 8.69. The van der Waals surface area contributed by atoms with Gasteiger partial charge in [0.25, 0.3) is 0 Å². The fourth-order valence-corrected chi connectivity index (χ4v) is 8.69. The second kappa shape index (κ2) is 12.4. The minimum atomic E-state index is -0.107. The van der Waals surface area contributed by atoms with Gasteiger partial charge in [-0.25, -0.2) is 4.98 Å². The molecule has 0 radical (unpaired) electrons. The maximum absolute atomic E-state index is 6.46. The second-order valence-corrected chi connectivity index (χ2v) is 15.2. The zero-order valence-corrected chi connectivity index (χ0v) is 31.0. The zero-order chi connectivity index (χ0) is 37.4. The molecule has 8 aromatic carbocycles. The minimum Gasteiger partial charge on any atom is -0.456 e. The van der Waals surface area contributed by atoms with Gasteiger partial charge in [0.2, 0.25) is 5.89 Å². The Labute approximate surface area is 324 Å². The molecule has 266 valence electrons.